The SMILES string of the molecule is CCCNS(=O)(=O)c1ccc(N)cc1Cl. The lowest BCUT2D eigenvalue weighted by Crippen LogP contribution is -2.24. The summed E-state index contributed by atoms with van der Waals surface area (Å²) in [6.45, 7) is 2.27. The van der Waals surface area contributed by atoms with Crippen LogP contribution < -0.4 is 10.5 Å². The average molecular weight is 249 g/mol. The Morgan fingerprint density at radius 1 is 1.47 bits per heavy atom. The number of hydrogen-bond acceptors (Lipinski definition) is 3. The number of nitrogen functional groups attached to an aromatic ring is 1. The van der Waals surface area contributed by atoms with Crippen LogP contribution in [0.15, 0.2) is 23.1 Å². The number of rotatable bonds is 4. The molecule has 0 unspecified atom stereocenters. The molecule has 0 amide bonds. The van der Waals surface area contributed by atoms with Crippen LogP contribution in [0.1, 0.15) is 13.3 Å². The van der Waals surface area contributed by atoms with Crippen LogP contribution in [0.3, 0.4) is 0 Å². The van der Waals surface area contributed by atoms with Gasteiger partial charge in [-0.15, -0.1) is 0 Å². The minimum absolute atomic E-state index is 0.0619. The standard InChI is InChI=1S/C9H13ClN2O2S/c1-2-5-12-15(13,14)9-4-3-7(11)6-8(9)10/h3-4,6,12H,2,5,11H2,1H3. The monoisotopic (exact) mass is 248 g/mol. The first kappa shape index (κ1) is 12.3. The Morgan fingerprint density at radius 3 is 2.67 bits per heavy atom. The lowest BCUT2D eigenvalue weighted by Gasteiger charge is -2.07. The van der Waals surface area contributed by atoms with Gasteiger partial charge in [0.05, 0.1) is 5.02 Å². The minimum atomic E-state index is -3.51. The Balaban J connectivity index is 3.05. The highest BCUT2D eigenvalue weighted by atomic mass is 35.5. The van der Waals surface area contributed by atoms with E-state index in [1.807, 2.05) is 6.92 Å². The molecule has 0 aliphatic carbocycles. The number of halogens is 1. The molecule has 0 atom stereocenters. The van der Waals surface area contributed by atoms with Gasteiger partial charge in [-0.25, -0.2) is 13.1 Å². The van der Waals surface area contributed by atoms with Crippen LogP contribution in [0.25, 0.3) is 0 Å². The molecule has 0 aliphatic heterocycles. The van der Waals surface area contributed by atoms with Crippen LogP contribution in [-0.4, -0.2) is 15.0 Å². The number of nitrogens with two attached hydrogens (primary N) is 1. The van der Waals surface area contributed by atoms with Crippen LogP contribution in [0.4, 0.5) is 5.69 Å². The van der Waals surface area contributed by atoms with Crippen molar-refractivity contribution in [2.75, 3.05) is 12.3 Å². The van der Waals surface area contributed by atoms with Gasteiger partial charge in [-0.3, -0.25) is 0 Å². The van der Waals surface area contributed by atoms with Crippen molar-refractivity contribution in [2.45, 2.75) is 18.2 Å². The second-order valence-electron chi connectivity index (χ2n) is 3.09. The highest BCUT2D eigenvalue weighted by molar-refractivity contribution is 7.89. The van der Waals surface area contributed by atoms with Crippen molar-refractivity contribution in [1.29, 1.82) is 0 Å². The largest absolute Gasteiger partial charge is 0.399 e. The van der Waals surface area contributed by atoms with Gasteiger partial charge in [0.2, 0.25) is 10.0 Å². The van der Waals surface area contributed by atoms with E-state index in [0.717, 1.165) is 6.42 Å². The van der Waals surface area contributed by atoms with Gasteiger partial charge in [-0.2, -0.15) is 0 Å². The fourth-order valence-electron chi connectivity index (χ4n) is 1.05. The van der Waals surface area contributed by atoms with Crippen LogP contribution >= 0.6 is 11.6 Å². The smallest absolute Gasteiger partial charge is 0.242 e. The molecule has 84 valence electrons. The number of sulfonamides is 1. The minimum Gasteiger partial charge on any atom is -0.399 e. The molecule has 1 rings (SSSR count). The molecule has 0 spiro atoms. The van der Waals surface area contributed by atoms with Gasteiger partial charge in [0.1, 0.15) is 4.90 Å². The van der Waals surface area contributed by atoms with E-state index in [9.17, 15) is 8.42 Å². The Bertz CT molecular complexity index is 445. The molecule has 0 aliphatic rings. The quantitative estimate of drug-likeness (QED) is 0.796. The molecular formula is C9H13ClN2O2S. The Morgan fingerprint density at radius 2 is 2.13 bits per heavy atom. The average Bonchev–Trinajstić information content (AvgIpc) is 2.14. The van der Waals surface area contributed by atoms with Crippen molar-refractivity contribution in [1.82, 2.24) is 4.72 Å². The van der Waals surface area contributed by atoms with Crippen molar-refractivity contribution < 1.29 is 8.42 Å². The maximum absolute atomic E-state index is 11.7. The van der Waals surface area contributed by atoms with E-state index in [2.05, 4.69) is 4.72 Å². The third kappa shape index (κ3) is 3.09. The molecule has 0 saturated carbocycles. The first-order chi connectivity index (χ1) is 6.97. The van der Waals surface area contributed by atoms with Crippen molar-refractivity contribution >= 4 is 27.3 Å². The number of benzene rings is 1. The molecule has 0 fully saturated rings. The van der Waals surface area contributed by atoms with Crippen LogP contribution in [0, 0.1) is 0 Å². The summed E-state index contributed by atoms with van der Waals surface area (Å²) in [4.78, 5) is 0.0619. The molecule has 6 heteroatoms. The first-order valence-electron chi connectivity index (χ1n) is 4.52. The van der Waals surface area contributed by atoms with Crippen molar-refractivity contribution in [3.05, 3.63) is 23.2 Å². The van der Waals surface area contributed by atoms with E-state index in [0.29, 0.717) is 12.2 Å². The van der Waals surface area contributed by atoms with Gasteiger partial charge in [-0.1, -0.05) is 18.5 Å². The molecule has 4 nitrogen and oxygen atoms in total. The van der Waals surface area contributed by atoms with E-state index in [1.165, 1.54) is 18.2 Å². The summed E-state index contributed by atoms with van der Waals surface area (Å²) in [5.41, 5.74) is 5.91. The molecule has 3 N–H and O–H groups in total. The van der Waals surface area contributed by atoms with Gasteiger partial charge in [0.15, 0.2) is 0 Å². The Hall–Kier alpha value is -0.780. The summed E-state index contributed by atoms with van der Waals surface area (Å²) in [5.74, 6) is 0. The molecule has 0 saturated heterocycles. The van der Waals surface area contributed by atoms with Crippen LogP contribution in [0.5, 0.6) is 0 Å². The molecule has 0 aromatic heterocycles. The number of hydrogen-bond donors (Lipinski definition) is 2. The van der Waals surface area contributed by atoms with Gasteiger partial charge >= 0.3 is 0 Å². The highest BCUT2D eigenvalue weighted by Crippen LogP contribution is 2.23. The lowest BCUT2D eigenvalue weighted by molar-refractivity contribution is 0.581. The molecule has 1 aromatic rings. The third-order valence-electron chi connectivity index (χ3n) is 1.79. The molecule has 0 heterocycles. The van der Waals surface area contributed by atoms with E-state index < -0.39 is 10.0 Å². The summed E-state index contributed by atoms with van der Waals surface area (Å²) in [6.07, 6.45) is 0.728. The predicted octanol–water partition coefficient (Wildman–Crippen LogP) is 1.61. The Kier molecular flexibility index (Phi) is 3.96. The van der Waals surface area contributed by atoms with Crippen molar-refractivity contribution in [2.24, 2.45) is 0 Å². The fourth-order valence-corrected chi connectivity index (χ4v) is 2.73. The van der Waals surface area contributed by atoms with Crippen molar-refractivity contribution in [3.8, 4) is 0 Å². The third-order valence-corrected chi connectivity index (χ3v) is 3.73. The highest BCUT2D eigenvalue weighted by Gasteiger charge is 2.16. The zero-order chi connectivity index (χ0) is 11.5. The van der Waals surface area contributed by atoms with Gasteiger partial charge in [-0.05, 0) is 24.6 Å². The predicted molar refractivity (Wildman–Crippen MR) is 61.3 cm³/mol. The first-order valence-corrected chi connectivity index (χ1v) is 6.38. The topological polar surface area (TPSA) is 72.2 Å². The summed E-state index contributed by atoms with van der Waals surface area (Å²) in [5, 5.41) is 0.138. The van der Waals surface area contributed by atoms with E-state index in [-0.39, 0.29) is 9.92 Å². The van der Waals surface area contributed by atoms with Crippen LogP contribution in [0.2, 0.25) is 5.02 Å². The van der Waals surface area contributed by atoms with Crippen LogP contribution in [-0.2, 0) is 10.0 Å². The second-order valence-corrected chi connectivity index (χ2v) is 5.23. The maximum Gasteiger partial charge on any atom is 0.242 e. The van der Waals surface area contributed by atoms with Gasteiger partial charge in [0.25, 0.3) is 0 Å². The molecular weight excluding hydrogens is 236 g/mol. The normalized spacial score (nSPS) is 11.6. The zero-order valence-electron chi connectivity index (χ0n) is 8.33. The number of anilines is 1. The second kappa shape index (κ2) is 4.83. The van der Waals surface area contributed by atoms with Gasteiger partial charge in [0, 0.05) is 12.2 Å². The van der Waals surface area contributed by atoms with E-state index in [1.54, 1.807) is 0 Å². The van der Waals surface area contributed by atoms with Gasteiger partial charge < -0.3 is 5.73 Å². The van der Waals surface area contributed by atoms with E-state index in [4.69, 9.17) is 17.3 Å². The molecule has 0 bridgehead atoms. The summed E-state index contributed by atoms with van der Waals surface area (Å²) in [7, 11) is -3.51. The molecule has 1 aromatic carbocycles. The fraction of sp³-hybridized carbons (Fsp3) is 0.333. The van der Waals surface area contributed by atoms with Crippen molar-refractivity contribution in [3.63, 3.8) is 0 Å². The molecule has 15 heavy (non-hydrogen) atoms. The number of nitrogens with one attached hydrogen (secondary N) is 1. The zero-order valence-corrected chi connectivity index (χ0v) is 9.90. The molecule has 0 radical (unpaired) electrons. The lowest BCUT2D eigenvalue weighted by atomic mass is 10.3. The summed E-state index contributed by atoms with van der Waals surface area (Å²) < 4.78 is 25.8. The maximum atomic E-state index is 11.7. The summed E-state index contributed by atoms with van der Waals surface area (Å²) >= 11 is 5.79. The van der Waals surface area contributed by atoms with E-state index >= 15 is 0 Å². The summed E-state index contributed by atoms with van der Waals surface area (Å²) in [6, 6.07) is 4.32. The Labute approximate surface area is 94.5 Å².